The number of anilines is 1. The standard InChI is InChI=1S/C13H12N2O4/c1-8-2-4-10(19-8)6-12(16)15-9-3-5-11(13(17)18)14-7-9/h2-5,7H,6H2,1H3,(H,15,16)(H,17,18). The highest BCUT2D eigenvalue weighted by Crippen LogP contribution is 2.10. The zero-order valence-corrected chi connectivity index (χ0v) is 10.2. The number of aryl methyl sites for hydroxylation is 1. The average Bonchev–Trinajstić information content (AvgIpc) is 2.75. The molecule has 2 aromatic rings. The van der Waals surface area contributed by atoms with Crippen molar-refractivity contribution in [2.24, 2.45) is 0 Å². The molecule has 0 bridgehead atoms. The number of carboxylic acid groups (broad SMARTS) is 1. The highest BCUT2D eigenvalue weighted by molar-refractivity contribution is 5.92. The number of pyridine rings is 1. The lowest BCUT2D eigenvalue weighted by Gasteiger charge is -2.03. The highest BCUT2D eigenvalue weighted by Gasteiger charge is 2.08. The molecule has 0 atom stereocenters. The molecule has 0 aliphatic heterocycles. The van der Waals surface area contributed by atoms with Gasteiger partial charge in [-0.2, -0.15) is 0 Å². The van der Waals surface area contributed by atoms with E-state index in [9.17, 15) is 9.59 Å². The van der Waals surface area contributed by atoms with Crippen molar-refractivity contribution in [2.75, 3.05) is 5.32 Å². The van der Waals surface area contributed by atoms with Gasteiger partial charge >= 0.3 is 5.97 Å². The van der Waals surface area contributed by atoms with E-state index >= 15 is 0 Å². The van der Waals surface area contributed by atoms with Crippen LogP contribution in [0.1, 0.15) is 22.0 Å². The number of furan rings is 1. The Balaban J connectivity index is 1.97. The molecule has 98 valence electrons. The van der Waals surface area contributed by atoms with Gasteiger partial charge in [0.2, 0.25) is 5.91 Å². The Morgan fingerprint density at radius 1 is 1.32 bits per heavy atom. The second kappa shape index (κ2) is 5.34. The number of hydrogen-bond acceptors (Lipinski definition) is 4. The Bertz CT molecular complexity index is 601. The van der Waals surface area contributed by atoms with Gasteiger partial charge in [-0.15, -0.1) is 0 Å². The molecule has 2 aromatic heterocycles. The third kappa shape index (κ3) is 3.41. The van der Waals surface area contributed by atoms with Crippen LogP contribution in [0.15, 0.2) is 34.9 Å². The monoisotopic (exact) mass is 260 g/mol. The van der Waals surface area contributed by atoms with Crippen molar-refractivity contribution >= 4 is 17.6 Å². The second-order valence-electron chi connectivity index (χ2n) is 3.97. The van der Waals surface area contributed by atoms with E-state index in [1.807, 2.05) is 0 Å². The normalized spacial score (nSPS) is 10.2. The summed E-state index contributed by atoms with van der Waals surface area (Å²) < 4.78 is 5.29. The van der Waals surface area contributed by atoms with E-state index in [0.717, 1.165) is 5.76 Å². The number of amides is 1. The summed E-state index contributed by atoms with van der Waals surface area (Å²) in [6, 6.07) is 6.34. The lowest BCUT2D eigenvalue weighted by atomic mass is 10.3. The smallest absolute Gasteiger partial charge is 0.354 e. The largest absolute Gasteiger partial charge is 0.477 e. The fourth-order valence-corrected chi connectivity index (χ4v) is 1.54. The third-order valence-electron chi connectivity index (χ3n) is 2.40. The Labute approximate surface area is 109 Å². The van der Waals surface area contributed by atoms with Crippen LogP contribution in [0.3, 0.4) is 0 Å². The summed E-state index contributed by atoms with van der Waals surface area (Å²) >= 11 is 0. The van der Waals surface area contributed by atoms with Crippen LogP contribution in [0.5, 0.6) is 0 Å². The maximum absolute atomic E-state index is 11.7. The number of carbonyl (C=O) groups is 2. The molecule has 0 saturated heterocycles. The quantitative estimate of drug-likeness (QED) is 0.875. The fourth-order valence-electron chi connectivity index (χ4n) is 1.54. The van der Waals surface area contributed by atoms with E-state index in [1.165, 1.54) is 18.3 Å². The average molecular weight is 260 g/mol. The molecule has 19 heavy (non-hydrogen) atoms. The fraction of sp³-hybridized carbons (Fsp3) is 0.154. The molecule has 0 unspecified atom stereocenters. The molecule has 0 aromatic carbocycles. The summed E-state index contributed by atoms with van der Waals surface area (Å²) in [5.74, 6) is -0.0384. The van der Waals surface area contributed by atoms with Crippen LogP contribution < -0.4 is 5.32 Å². The van der Waals surface area contributed by atoms with Gasteiger partial charge in [0.1, 0.15) is 17.2 Å². The molecule has 0 fully saturated rings. The van der Waals surface area contributed by atoms with Crippen LogP contribution >= 0.6 is 0 Å². The van der Waals surface area contributed by atoms with E-state index in [2.05, 4.69) is 10.3 Å². The first-order chi connectivity index (χ1) is 9.04. The van der Waals surface area contributed by atoms with Gasteiger partial charge in [0.15, 0.2) is 0 Å². The maximum Gasteiger partial charge on any atom is 0.354 e. The molecule has 0 spiro atoms. The summed E-state index contributed by atoms with van der Waals surface area (Å²) in [6.07, 6.45) is 1.42. The summed E-state index contributed by atoms with van der Waals surface area (Å²) in [6.45, 7) is 1.80. The van der Waals surface area contributed by atoms with Crippen LogP contribution in [0.2, 0.25) is 0 Å². The van der Waals surface area contributed by atoms with Gasteiger partial charge < -0.3 is 14.8 Å². The van der Waals surface area contributed by atoms with Crippen molar-refractivity contribution in [1.82, 2.24) is 4.98 Å². The van der Waals surface area contributed by atoms with Gasteiger partial charge in [0, 0.05) is 0 Å². The van der Waals surface area contributed by atoms with Crippen molar-refractivity contribution in [2.45, 2.75) is 13.3 Å². The summed E-state index contributed by atoms with van der Waals surface area (Å²) in [7, 11) is 0. The van der Waals surface area contributed by atoms with Gasteiger partial charge in [-0.1, -0.05) is 0 Å². The van der Waals surface area contributed by atoms with Gasteiger partial charge in [0.25, 0.3) is 0 Å². The van der Waals surface area contributed by atoms with E-state index in [1.54, 1.807) is 19.1 Å². The SMILES string of the molecule is Cc1ccc(CC(=O)Nc2ccc(C(=O)O)nc2)o1. The van der Waals surface area contributed by atoms with E-state index in [0.29, 0.717) is 11.4 Å². The minimum absolute atomic E-state index is 0.0698. The van der Waals surface area contributed by atoms with Crippen molar-refractivity contribution in [3.8, 4) is 0 Å². The van der Waals surface area contributed by atoms with Gasteiger partial charge in [-0.25, -0.2) is 9.78 Å². The topological polar surface area (TPSA) is 92.4 Å². The van der Waals surface area contributed by atoms with Gasteiger partial charge in [0.05, 0.1) is 18.3 Å². The van der Waals surface area contributed by atoms with Gasteiger partial charge in [-0.05, 0) is 31.2 Å². The van der Waals surface area contributed by atoms with Crippen molar-refractivity contribution in [3.63, 3.8) is 0 Å². The molecule has 2 N–H and O–H groups in total. The molecule has 2 rings (SSSR count). The molecule has 1 amide bonds. The second-order valence-corrected chi connectivity index (χ2v) is 3.97. The number of nitrogens with one attached hydrogen (secondary N) is 1. The summed E-state index contributed by atoms with van der Waals surface area (Å²) in [5, 5.41) is 11.3. The number of rotatable bonds is 4. The Hall–Kier alpha value is -2.63. The van der Waals surface area contributed by atoms with Crippen LogP contribution in [-0.2, 0) is 11.2 Å². The molecular formula is C13H12N2O4. The first kappa shape index (κ1) is 12.8. The van der Waals surface area contributed by atoms with Crippen molar-refractivity contribution < 1.29 is 19.1 Å². The molecule has 2 heterocycles. The Morgan fingerprint density at radius 3 is 2.63 bits per heavy atom. The number of carboxylic acids is 1. The minimum Gasteiger partial charge on any atom is -0.477 e. The van der Waals surface area contributed by atoms with E-state index in [-0.39, 0.29) is 18.0 Å². The van der Waals surface area contributed by atoms with Crippen molar-refractivity contribution in [1.29, 1.82) is 0 Å². The predicted molar refractivity (Wildman–Crippen MR) is 67.0 cm³/mol. The zero-order valence-electron chi connectivity index (χ0n) is 10.2. The molecule has 6 heteroatoms. The predicted octanol–water partition coefficient (Wildman–Crippen LogP) is 1.86. The summed E-state index contributed by atoms with van der Waals surface area (Å²) in [4.78, 5) is 26.0. The Kier molecular flexibility index (Phi) is 3.61. The lowest BCUT2D eigenvalue weighted by Crippen LogP contribution is -2.14. The van der Waals surface area contributed by atoms with Crippen LogP contribution in [0.25, 0.3) is 0 Å². The third-order valence-corrected chi connectivity index (χ3v) is 2.40. The van der Waals surface area contributed by atoms with Crippen LogP contribution in [0.4, 0.5) is 5.69 Å². The maximum atomic E-state index is 11.7. The van der Waals surface area contributed by atoms with Crippen LogP contribution in [-0.4, -0.2) is 22.0 Å². The lowest BCUT2D eigenvalue weighted by molar-refractivity contribution is -0.115. The van der Waals surface area contributed by atoms with Crippen LogP contribution in [0, 0.1) is 6.92 Å². The first-order valence-corrected chi connectivity index (χ1v) is 5.59. The zero-order chi connectivity index (χ0) is 13.8. The number of carbonyl (C=O) groups excluding carboxylic acids is 1. The summed E-state index contributed by atoms with van der Waals surface area (Å²) in [5.41, 5.74) is 0.373. The van der Waals surface area contributed by atoms with Gasteiger partial charge in [-0.3, -0.25) is 4.79 Å². The molecule has 0 saturated carbocycles. The minimum atomic E-state index is -1.11. The highest BCUT2D eigenvalue weighted by atomic mass is 16.4. The molecular weight excluding hydrogens is 248 g/mol. The Morgan fingerprint density at radius 2 is 2.11 bits per heavy atom. The number of aromatic nitrogens is 1. The number of hydrogen-bond donors (Lipinski definition) is 2. The number of aromatic carboxylic acids is 1. The molecule has 0 radical (unpaired) electrons. The van der Waals surface area contributed by atoms with E-state index < -0.39 is 5.97 Å². The van der Waals surface area contributed by atoms with Crippen molar-refractivity contribution in [3.05, 3.63) is 47.7 Å². The number of nitrogens with zero attached hydrogens (tertiary/aromatic N) is 1. The molecule has 0 aliphatic carbocycles. The molecule has 0 aliphatic rings. The van der Waals surface area contributed by atoms with E-state index in [4.69, 9.17) is 9.52 Å². The molecule has 6 nitrogen and oxygen atoms in total. The first-order valence-electron chi connectivity index (χ1n) is 5.59.